The first kappa shape index (κ1) is 18.7. The molecule has 0 N–H and O–H groups in total. The lowest BCUT2D eigenvalue weighted by Gasteiger charge is -2.13. The molecule has 0 unspecified atom stereocenters. The van der Waals surface area contributed by atoms with Crippen LogP contribution in [0.15, 0.2) is 60.8 Å². The largest absolute Gasteiger partial charge is 0.487 e. The van der Waals surface area contributed by atoms with Crippen molar-refractivity contribution in [2.24, 2.45) is 0 Å². The molecule has 0 amide bonds. The minimum Gasteiger partial charge on any atom is -0.487 e. The van der Waals surface area contributed by atoms with Crippen LogP contribution in [0.3, 0.4) is 0 Å². The molecule has 0 spiro atoms. The molecule has 0 fully saturated rings. The summed E-state index contributed by atoms with van der Waals surface area (Å²) in [6, 6.07) is 15.0. The lowest BCUT2D eigenvalue weighted by atomic mass is 10.0. The first-order valence-electron chi connectivity index (χ1n) is 9.36. The molecule has 3 aromatic rings. The van der Waals surface area contributed by atoms with Gasteiger partial charge in [0.1, 0.15) is 12.4 Å². The molecular weight excluding hydrogens is 366 g/mol. The summed E-state index contributed by atoms with van der Waals surface area (Å²) in [5.74, 6) is 2.02. The van der Waals surface area contributed by atoms with Crippen LogP contribution in [0.5, 0.6) is 17.2 Å². The molecule has 0 atom stereocenters. The maximum absolute atomic E-state index is 12.5. The van der Waals surface area contributed by atoms with Crippen molar-refractivity contribution in [1.82, 2.24) is 4.98 Å². The van der Waals surface area contributed by atoms with E-state index in [1.165, 1.54) is 0 Å². The lowest BCUT2D eigenvalue weighted by molar-refractivity contribution is 0.104. The van der Waals surface area contributed by atoms with Crippen molar-refractivity contribution >= 4 is 11.9 Å². The Morgan fingerprint density at radius 3 is 2.62 bits per heavy atom. The summed E-state index contributed by atoms with van der Waals surface area (Å²) in [6.07, 6.45) is 5.14. The van der Waals surface area contributed by atoms with Gasteiger partial charge in [-0.2, -0.15) is 0 Å². The van der Waals surface area contributed by atoms with Gasteiger partial charge < -0.3 is 14.2 Å². The van der Waals surface area contributed by atoms with Gasteiger partial charge in [-0.1, -0.05) is 12.1 Å². The molecule has 0 aliphatic carbocycles. The zero-order valence-corrected chi connectivity index (χ0v) is 16.3. The molecule has 2 heterocycles. The van der Waals surface area contributed by atoms with Gasteiger partial charge in [0.2, 0.25) is 6.79 Å². The molecule has 146 valence electrons. The molecule has 2 aromatic carbocycles. The molecule has 4 rings (SSSR count). The second-order valence-corrected chi connectivity index (χ2v) is 6.86. The van der Waals surface area contributed by atoms with Crippen LogP contribution < -0.4 is 14.2 Å². The van der Waals surface area contributed by atoms with E-state index in [-0.39, 0.29) is 12.6 Å². The Labute approximate surface area is 169 Å². The molecule has 0 radical (unpaired) electrons. The van der Waals surface area contributed by atoms with Gasteiger partial charge in [0.15, 0.2) is 17.3 Å². The van der Waals surface area contributed by atoms with E-state index in [0.29, 0.717) is 23.7 Å². The van der Waals surface area contributed by atoms with E-state index in [2.05, 4.69) is 4.98 Å². The summed E-state index contributed by atoms with van der Waals surface area (Å²) in [5, 5.41) is 0. The van der Waals surface area contributed by atoms with E-state index in [1.54, 1.807) is 30.5 Å². The van der Waals surface area contributed by atoms with Crippen molar-refractivity contribution < 1.29 is 19.0 Å². The van der Waals surface area contributed by atoms with Gasteiger partial charge in [-0.05, 0) is 79.1 Å². The Morgan fingerprint density at radius 1 is 1.07 bits per heavy atom. The molecule has 1 aliphatic heterocycles. The van der Waals surface area contributed by atoms with Crippen molar-refractivity contribution in [1.29, 1.82) is 0 Å². The summed E-state index contributed by atoms with van der Waals surface area (Å²) in [6.45, 7) is 4.60. The van der Waals surface area contributed by atoms with Crippen LogP contribution in [0.1, 0.15) is 32.7 Å². The third kappa shape index (κ3) is 4.29. The predicted molar refractivity (Wildman–Crippen MR) is 110 cm³/mol. The van der Waals surface area contributed by atoms with Crippen LogP contribution in [-0.4, -0.2) is 17.6 Å². The van der Waals surface area contributed by atoms with Crippen LogP contribution in [0.2, 0.25) is 0 Å². The van der Waals surface area contributed by atoms with E-state index >= 15 is 0 Å². The molecular formula is C24H21NO4. The lowest BCUT2D eigenvalue weighted by Crippen LogP contribution is -2.01. The fourth-order valence-electron chi connectivity index (χ4n) is 3.26. The van der Waals surface area contributed by atoms with Gasteiger partial charge in [-0.25, -0.2) is 0 Å². The van der Waals surface area contributed by atoms with Crippen LogP contribution in [-0.2, 0) is 6.61 Å². The number of fused-ring (bicyclic) bond motifs is 1. The zero-order chi connectivity index (χ0) is 20.2. The number of ether oxygens (including phenoxy) is 3. The molecule has 0 bridgehead atoms. The molecule has 1 aromatic heterocycles. The third-order valence-electron chi connectivity index (χ3n) is 4.66. The van der Waals surface area contributed by atoms with Gasteiger partial charge in [0.25, 0.3) is 0 Å². The number of rotatable bonds is 6. The quantitative estimate of drug-likeness (QED) is 0.445. The van der Waals surface area contributed by atoms with Crippen molar-refractivity contribution in [3.63, 3.8) is 0 Å². The van der Waals surface area contributed by atoms with Crippen LogP contribution >= 0.6 is 0 Å². The molecule has 5 nitrogen and oxygen atoms in total. The van der Waals surface area contributed by atoms with Gasteiger partial charge in [0.05, 0.1) is 5.69 Å². The number of benzene rings is 2. The first-order valence-corrected chi connectivity index (χ1v) is 9.36. The van der Waals surface area contributed by atoms with Gasteiger partial charge >= 0.3 is 0 Å². The number of pyridine rings is 1. The molecule has 5 heteroatoms. The monoisotopic (exact) mass is 387 g/mol. The number of hydrogen-bond acceptors (Lipinski definition) is 5. The van der Waals surface area contributed by atoms with Gasteiger partial charge in [-0.3, -0.25) is 9.78 Å². The minimum atomic E-state index is -0.0888. The SMILES string of the molecule is Cc1cc(/C=C/C(=O)c2ccc3c(c2)OCO3)cc(C)c1OCc1ccccn1. The number of carbonyl (C=O) groups excluding carboxylic acids is 1. The number of aryl methyl sites for hydroxylation is 2. The summed E-state index contributed by atoms with van der Waals surface area (Å²) >= 11 is 0. The molecule has 0 saturated carbocycles. The number of aromatic nitrogens is 1. The maximum Gasteiger partial charge on any atom is 0.231 e. The van der Waals surface area contributed by atoms with Crippen molar-refractivity contribution in [3.8, 4) is 17.2 Å². The second kappa shape index (κ2) is 8.19. The number of carbonyl (C=O) groups is 1. The average molecular weight is 387 g/mol. The number of hydrogen-bond donors (Lipinski definition) is 0. The van der Waals surface area contributed by atoms with Crippen molar-refractivity contribution in [2.75, 3.05) is 6.79 Å². The van der Waals surface area contributed by atoms with Crippen LogP contribution in [0, 0.1) is 13.8 Å². The molecule has 29 heavy (non-hydrogen) atoms. The van der Waals surface area contributed by atoms with Gasteiger partial charge in [-0.15, -0.1) is 0 Å². The average Bonchev–Trinajstić information content (AvgIpc) is 3.20. The smallest absolute Gasteiger partial charge is 0.231 e. The maximum atomic E-state index is 12.5. The molecule has 1 aliphatic rings. The van der Waals surface area contributed by atoms with Gasteiger partial charge in [0, 0.05) is 11.8 Å². The Morgan fingerprint density at radius 2 is 1.86 bits per heavy atom. The van der Waals surface area contributed by atoms with Crippen molar-refractivity contribution in [3.05, 3.63) is 88.8 Å². The van der Waals surface area contributed by atoms with E-state index in [1.807, 2.05) is 50.3 Å². The highest BCUT2D eigenvalue weighted by Crippen LogP contribution is 2.32. The predicted octanol–water partition coefficient (Wildman–Crippen LogP) is 4.90. The summed E-state index contributed by atoms with van der Waals surface area (Å²) in [5.41, 5.74) is 4.41. The number of allylic oxidation sites excluding steroid dienone is 1. The Hall–Kier alpha value is -3.60. The van der Waals surface area contributed by atoms with Crippen molar-refractivity contribution in [2.45, 2.75) is 20.5 Å². The second-order valence-electron chi connectivity index (χ2n) is 6.86. The standard InChI is InChI=1S/C24H21NO4/c1-16-11-18(12-17(2)24(16)27-14-20-5-3-4-10-25-20)6-8-21(26)19-7-9-22-23(13-19)29-15-28-22/h3-13H,14-15H2,1-2H3/b8-6+. The zero-order valence-electron chi connectivity index (χ0n) is 16.3. The van der Waals surface area contributed by atoms with E-state index in [9.17, 15) is 4.79 Å². The fourth-order valence-corrected chi connectivity index (χ4v) is 3.26. The normalized spacial score (nSPS) is 12.3. The summed E-state index contributed by atoms with van der Waals surface area (Å²) in [4.78, 5) is 16.8. The number of ketones is 1. The van der Waals surface area contributed by atoms with Crippen LogP contribution in [0.4, 0.5) is 0 Å². The highest BCUT2D eigenvalue weighted by Gasteiger charge is 2.15. The molecule has 0 saturated heterocycles. The summed E-state index contributed by atoms with van der Waals surface area (Å²) < 4.78 is 16.6. The van der Waals surface area contributed by atoms with E-state index < -0.39 is 0 Å². The topological polar surface area (TPSA) is 57.7 Å². The Bertz CT molecular complexity index is 1050. The third-order valence-corrected chi connectivity index (χ3v) is 4.66. The Kier molecular flexibility index (Phi) is 5.29. The Balaban J connectivity index is 1.47. The highest BCUT2D eigenvalue weighted by molar-refractivity contribution is 6.07. The minimum absolute atomic E-state index is 0.0888. The summed E-state index contributed by atoms with van der Waals surface area (Å²) in [7, 11) is 0. The highest BCUT2D eigenvalue weighted by atomic mass is 16.7. The first-order chi connectivity index (χ1) is 14.1. The van der Waals surface area contributed by atoms with Crippen LogP contribution in [0.25, 0.3) is 6.08 Å². The fraction of sp³-hybridized carbons (Fsp3) is 0.167. The van der Waals surface area contributed by atoms with E-state index in [0.717, 1.165) is 28.1 Å². The van der Waals surface area contributed by atoms with E-state index in [4.69, 9.17) is 14.2 Å². The number of nitrogens with zero attached hydrogens (tertiary/aromatic N) is 1.